The van der Waals surface area contributed by atoms with Gasteiger partial charge in [0.2, 0.25) is 0 Å². The second-order valence-electron chi connectivity index (χ2n) is 3.84. The number of nitriles is 1. The van der Waals surface area contributed by atoms with E-state index in [4.69, 9.17) is 5.26 Å². The highest BCUT2D eigenvalue weighted by molar-refractivity contribution is 4.90. The first-order valence-corrected chi connectivity index (χ1v) is 4.31. The standard InChI is InChI=1S/C9H16N2/c1-7(2)9-4-8(3)11(5-9)6-10/h7-9H,4-5H2,1-3H3/t8-,9?/m1/s1. The molecule has 2 heteroatoms. The van der Waals surface area contributed by atoms with Gasteiger partial charge in [0.15, 0.2) is 6.19 Å². The minimum atomic E-state index is 0.465. The zero-order chi connectivity index (χ0) is 8.43. The first-order chi connectivity index (χ1) is 5.15. The Labute approximate surface area is 68.8 Å². The van der Waals surface area contributed by atoms with Gasteiger partial charge in [0.05, 0.1) is 0 Å². The highest BCUT2D eigenvalue weighted by Crippen LogP contribution is 2.27. The lowest BCUT2D eigenvalue weighted by Gasteiger charge is -2.12. The summed E-state index contributed by atoms with van der Waals surface area (Å²) < 4.78 is 0. The van der Waals surface area contributed by atoms with Crippen molar-refractivity contribution >= 4 is 0 Å². The summed E-state index contributed by atoms with van der Waals surface area (Å²) in [5, 5.41) is 8.71. The van der Waals surface area contributed by atoms with Crippen LogP contribution in [0.15, 0.2) is 0 Å². The number of hydrogen-bond acceptors (Lipinski definition) is 2. The van der Waals surface area contributed by atoms with Crippen LogP contribution in [0.5, 0.6) is 0 Å². The molecule has 0 aromatic heterocycles. The summed E-state index contributed by atoms with van der Waals surface area (Å²) in [6, 6.07) is 0.465. The maximum Gasteiger partial charge on any atom is 0.179 e. The predicted molar refractivity (Wildman–Crippen MR) is 44.7 cm³/mol. The molecule has 0 N–H and O–H groups in total. The fourth-order valence-electron chi connectivity index (χ4n) is 1.69. The van der Waals surface area contributed by atoms with Crippen molar-refractivity contribution in [1.29, 1.82) is 5.26 Å². The number of nitrogens with zero attached hydrogens (tertiary/aromatic N) is 2. The molecule has 62 valence electrons. The molecule has 1 fully saturated rings. The average molecular weight is 152 g/mol. The topological polar surface area (TPSA) is 27.0 Å². The Bertz CT molecular complexity index is 169. The second kappa shape index (κ2) is 3.13. The molecule has 1 heterocycles. The van der Waals surface area contributed by atoms with Crippen LogP contribution in [0.2, 0.25) is 0 Å². The summed E-state index contributed by atoms with van der Waals surface area (Å²) in [6.45, 7) is 7.57. The molecule has 0 amide bonds. The Morgan fingerprint density at radius 2 is 2.18 bits per heavy atom. The van der Waals surface area contributed by atoms with Crippen LogP contribution in [-0.2, 0) is 0 Å². The van der Waals surface area contributed by atoms with E-state index >= 15 is 0 Å². The fourth-order valence-corrected chi connectivity index (χ4v) is 1.69. The monoisotopic (exact) mass is 152 g/mol. The molecule has 2 nitrogen and oxygen atoms in total. The molecule has 0 bridgehead atoms. The minimum absolute atomic E-state index is 0.465. The van der Waals surface area contributed by atoms with Crippen molar-refractivity contribution in [3.63, 3.8) is 0 Å². The summed E-state index contributed by atoms with van der Waals surface area (Å²) in [6.07, 6.45) is 3.42. The van der Waals surface area contributed by atoms with Crippen LogP contribution >= 0.6 is 0 Å². The Morgan fingerprint density at radius 1 is 1.55 bits per heavy atom. The van der Waals surface area contributed by atoms with E-state index in [2.05, 4.69) is 27.0 Å². The zero-order valence-electron chi connectivity index (χ0n) is 7.54. The summed E-state index contributed by atoms with van der Waals surface area (Å²) in [7, 11) is 0. The first-order valence-electron chi connectivity index (χ1n) is 4.31. The third-order valence-corrected chi connectivity index (χ3v) is 2.68. The van der Waals surface area contributed by atoms with E-state index in [0.717, 1.165) is 18.4 Å². The van der Waals surface area contributed by atoms with E-state index in [1.165, 1.54) is 6.42 Å². The van der Waals surface area contributed by atoms with E-state index in [0.29, 0.717) is 6.04 Å². The minimum Gasteiger partial charge on any atom is -0.308 e. The maximum atomic E-state index is 8.71. The van der Waals surface area contributed by atoms with Gasteiger partial charge in [0, 0.05) is 12.6 Å². The molecule has 0 aromatic carbocycles. The van der Waals surface area contributed by atoms with Crippen molar-refractivity contribution in [2.75, 3.05) is 6.54 Å². The zero-order valence-corrected chi connectivity index (χ0v) is 7.54. The Hall–Kier alpha value is -0.710. The molecule has 0 aliphatic carbocycles. The van der Waals surface area contributed by atoms with Gasteiger partial charge < -0.3 is 4.90 Å². The molecule has 1 saturated heterocycles. The first kappa shape index (κ1) is 8.39. The molecule has 0 spiro atoms. The molecule has 2 atom stereocenters. The number of hydrogen-bond donors (Lipinski definition) is 0. The van der Waals surface area contributed by atoms with Gasteiger partial charge in [-0.15, -0.1) is 0 Å². The van der Waals surface area contributed by atoms with Gasteiger partial charge in [-0.2, -0.15) is 5.26 Å². The van der Waals surface area contributed by atoms with Gasteiger partial charge in [-0.25, -0.2) is 0 Å². The third kappa shape index (κ3) is 1.65. The normalized spacial score (nSPS) is 31.0. The molecular formula is C9H16N2. The average Bonchev–Trinajstić information content (AvgIpc) is 2.31. The van der Waals surface area contributed by atoms with Gasteiger partial charge in [-0.1, -0.05) is 13.8 Å². The molecule has 1 aliphatic rings. The van der Waals surface area contributed by atoms with Crippen molar-refractivity contribution < 1.29 is 0 Å². The third-order valence-electron chi connectivity index (χ3n) is 2.68. The lowest BCUT2D eigenvalue weighted by atomic mass is 9.94. The van der Waals surface area contributed by atoms with E-state index in [1.54, 1.807) is 0 Å². The predicted octanol–water partition coefficient (Wildman–Crippen LogP) is 1.83. The van der Waals surface area contributed by atoms with E-state index in [1.807, 2.05) is 4.90 Å². The van der Waals surface area contributed by atoms with Crippen LogP contribution in [0.3, 0.4) is 0 Å². The highest BCUT2D eigenvalue weighted by Gasteiger charge is 2.29. The van der Waals surface area contributed by atoms with Crippen molar-refractivity contribution in [1.82, 2.24) is 4.90 Å². The van der Waals surface area contributed by atoms with Crippen molar-refractivity contribution in [3.05, 3.63) is 0 Å². The van der Waals surface area contributed by atoms with Crippen LogP contribution < -0.4 is 0 Å². The number of rotatable bonds is 1. The summed E-state index contributed by atoms with van der Waals surface area (Å²) in [5.74, 6) is 1.44. The van der Waals surface area contributed by atoms with Gasteiger partial charge >= 0.3 is 0 Å². The lowest BCUT2D eigenvalue weighted by molar-refractivity contribution is 0.364. The van der Waals surface area contributed by atoms with Crippen LogP contribution in [-0.4, -0.2) is 17.5 Å². The van der Waals surface area contributed by atoms with Gasteiger partial charge in [0.1, 0.15) is 0 Å². The highest BCUT2D eigenvalue weighted by atomic mass is 15.2. The van der Waals surface area contributed by atoms with Gasteiger partial charge in [-0.05, 0) is 25.2 Å². The molecule has 0 aromatic rings. The Balaban J connectivity index is 2.51. The SMILES string of the molecule is CC(C)C1C[C@@H](C)N(C#N)C1. The molecule has 0 radical (unpaired) electrons. The van der Waals surface area contributed by atoms with E-state index in [-0.39, 0.29) is 0 Å². The maximum absolute atomic E-state index is 8.71. The van der Waals surface area contributed by atoms with Crippen molar-refractivity contribution in [2.24, 2.45) is 11.8 Å². The summed E-state index contributed by atoms with van der Waals surface area (Å²) in [4.78, 5) is 1.89. The lowest BCUT2D eigenvalue weighted by Crippen LogP contribution is -2.21. The Kier molecular flexibility index (Phi) is 2.38. The molecule has 0 saturated carbocycles. The van der Waals surface area contributed by atoms with Crippen LogP contribution in [0.1, 0.15) is 27.2 Å². The smallest absolute Gasteiger partial charge is 0.179 e. The van der Waals surface area contributed by atoms with Crippen LogP contribution in [0.25, 0.3) is 0 Å². The second-order valence-corrected chi connectivity index (χ2v) is 3.84. The fraction of sp³-hybridized carbons (Fsp3) is 0.889. The van der Waals surface area contributed by atoms with Gasteiger partial charge in [0.25, 0.3) is 0 Å². The van der Waals surface area contributed by atoms with Crippen LogP contribution in [0.4, 0.5) is 0 Å². The molecule has 1 rings (SSSR count). The van der Waals surface area contributed by atoms with Gasteiger partial charge in [-0.3, -0.25) is 0 Å². The van der Waals surface area contributed by atoms with Crippen LogP contribution in [0, 0.1) is 23.3 Å². The molecule has 11 heavy (non-hydrogen) atoms. The summed E-state index contributed by atoms with van der Waals surface area (Å²) >= 11 is 0. The quantitative estimate of drug-likeness (QED) is 0.536. The largest absolute Gasteiger partial charge is 0.308 e. The number of likely N-dealkylation sites (tertiary alicyclic amines) is 1. The van der Waals surface area contributed by atoms with E-state index < -0.39 is 0 Å². The van der Waals surface area contributed by atoms with E-state index in [9.17, 15) is 0 Å². The van der Waals surface area contributed by atoms with Crippen molar-refractivity contribution in [2.45, 2.75) is 33.2 Å². The molecular weight excluding hydrogens is 136 g/mol. The summed E-state index contributed by atoms with van der Waals surface area (Å²) in [5.41, 5.74) is 0. The molecule has 1 unspecified atom stereocenters. The molecule has 1 aliphatic heterocycles. The Morgan fingerprint density at radius 3 is 2.45 bits per heavy atom. The van der Waals surface area contributed by atoms with Crippen molar-refractivity contribution in [3.8, 4) is 6.19 Å².